The molecule has 0 saturated carbocycles. The summed E-state index contributed by atoms with van der Waals surface area (Å²) in [7, 11) is -3.14. The van der Waals surface area contributed by atoms with Gasteiger partial charge in [0.25, 0.3) is 0 Å². The number of hydrogen-bond acceptors (Lipinski definition) is 14. The molecule has 2 aromatic heterocycles. The SMILES string of the molecule is CCOC(=O)[C@@H](NP(=O)(N[C@@H](C(=O)OCC)c1ccccc1)OC[C@H]1OC(n2cnc3c(OC)nc(N)nc32)[C@@](C)(O)C1O)c1ccccc1. The quantitative estimate of drug-likeness (QED) is 0.0879. The van der Waals surface area contributed by atoms with Gasteiger partial charge in [0.1, 0.15) is 29.9 Å². The van der Waals surface area contributed by atoms with Crippen molar-refractivity contribution in [2.24, 2.45) is 0 Å². The molecule has 1 aliphatic rings. The molecule has 3 heterocycles. The number of benzene rings is 2. The van der Waals surface area contributed by atoms with Crippen LogP contribution in [0.1, 0.15) is 50.2 Å². The number of carbonyl (C=O) groups excluding carboxylic acids is 2. The Hall–Kier alpha value is -4.48. The summed E-state index contributed by atoms with van der Waals surface area (Å²) in [5.41, 5.74) is 5.07. The Morgan fingerprint density at radius 1 is 1.00 bits per heavy atom. The number of aliphatic hydroxyl groups is 2. The second-order valence-corrected chi connectivity index (χ2v) is 13.3. The molecular formula is C32H40N7O10P. The van der Waals surface area contributed by atoms with Crippen molar-refractivity contribution in [1.82, 2.24) is 29.7 Å². The summed E-state index contributed by atoms with van der Waals surface area (Å²) in [5.74, 6) is -1.57. The first-order chi connectivity index (χ1) is 23.9. The molecule has 1 aliphatic heterocycles. The van der Waals surface area contributed by atoms with E-state index in [1.165, 1.54) is 24.9 Å². The highest BCUT2D eigenvalue weighted by Crippen LogP contribution is 2.47. The summed E-state index contributed by atoms with van der Waals surface area (Å²) in [4.78, 5) is 39.0. The van der Waals surface area contributed by atoms with Gasteiger partial charge in [-0.25, -0.2) is 24.7 Å². The maximum absolute atomic E-state index is 14.9. The number of hydrogen-bond donors (Lipinski definition) is 5. The highest BCUT2D eigenvalue weighted by molar-refractivity contribution is 7.54. The lowest BCUT2D eigenvalue weighted by molar-refractivity contribution is -0.145. The molecule has 5 rings (SSSR count). The number of nitrogens with one attached hydrogen (secondary N) is 2. The smallest absolute Gasteiger partial charge is 0.342 e. The van der Waals surface area contributed by atoms with Crippen LogP contribution in [-0.4, -0.2) is 86.4 Å². The molecule has 18 heteroatoms. The van der Waals surface area contributed by atoms with Crippen LogP contribution < -0.4 is 20.6 Å². The van der Waals surface area contributed by atoms with E-state index in [0.717, 1.165) is 0 Å². The third kappa shape index (κ3) is 7.79. The third-order valence-corrected chi connectivity index (χ3v) is 9.65. The zero-order valence-electron chi connectivity index (χ0n) is 27.8. The fraction of sp³-hybridized carbons (Fsp3) is 0.406. The fourth-order valence-corrected chi connectivity index (χ4v) is 7.27. The third-order valence-electron chi connectivity index (χ3n) is 7.94. The Morgan fingerprint density at radius 3 is 2.04 bits per heavy atom. The minimum absolute atomic E-state index is 0.0296. The van der Waals surface area contributed by atoms with Crippen molar-refractivity contribution in [1.29, 1.82) is 0 Å². The lowest BCUT2D eigenvalue weighted by Crippen LogP contribution is -2.44. The number of methoxy groups -OCH3 is 1. The number of esters is 2. The van der Waals surface area contributed by atoms with E-state index >= 15 is 0 Å². The summed E-state index contributed by atoms with van der Waals surface area (Å²) in [5, 5.41) is 28.3. The predicted octanol–water partition coefficient (Wildman–Crippen LogP) is 2.34. The predicted molar refractivity (Wildman–Crippen MR) is 178 cm³/mol. The van der Waals surface area contributed by atoms with Gasteiger partial charge in [-0.05, 0) is 31.9 Å². The number of carbonyl (C=O) groups is 2. The number of rotatable bonds is 15. The van der Waals surface area contributed by atoms with Crippen molar-refractivity contribution in [3.05, 3.63) is 78.1 Å². The topological polar surface area (TPSA) is 232 Å². The van der Waals surface area contributed by atoms with Gasteiger partial charge in [0, 0.05) is 0 Å². The van der Waals surface area contributed by atoms with E-state index in [1.54, 1.807) is 74.5 Å². The van der Waals surface area contributed by atoms with E-state index in [1.807, 2.05) is 0 Å². The zero-order chi connectivity index (χ0) is 36.1. The molecule has 0 amide bonds. The fourth-order valence-electron chi connectivity index (χ4n) is 5.50. The van der Waals surface area contributed by atoms with E-state index in [4.69, 9.17) is 29.2 Å². The number of imidazole rings is 1. The Bertz CT molecular complexity index is 1760. The zero-order valence-corrected chi connectivity index (χ0v) is 28.7. The number of nitrogens with zero attached hydrogens (tertiary/aromatic N) is 4. The Labute approximate surface area is 287 Å². The molecule has 3 unspecified atom stereocenters. The molecule has 1 saturated heterocycles. The molecule has 0 bridgehead atoms. The Morgan fingerprint density at radius 2 is 1.54 bits per heavy atom. The standard InChI is InChI=1S/C32H40N7O10P/c1-5-46-28(41)22(19-13-9-7-10-14-19)37-50(44,38-23(29(42)47-6-2)20-15-11-8-12-16-20)48-17-21-25(40)32(3,43)30(49-21)39-18-34-24-26(39)35-31(33)36-27(24)45-4/h7-16,18,21-23,25,30,40,43H,5-6,17H2,1-4H3,(H2,33,35,36)(H2,37,38,44)/t21-,22-,23+,25?,30?,32+,50?/m1/s1. The number of ether oxygens (including phenoxy) is 4. The second-order valence-electron chi connectivity index (χ2n) is 11.4. The van der Waals surface area contributed by atoms with E-state index in [2.05, 4.69) is 25.1 Å². The highest BCUT2D eigenvalue weighted by atomic mass is 31.2. The highest BCUT2D eigenvalue weighted by Gasteiger charge is 2.54. The summed E-state index contributed by atoms with van der Waals surface area (Å²) in [6.45, 7) is 4.05. The molecule has 0 aliphatic carbocycles. The first kappa shape index (κ1) is 36.8. The molecule has 7 atom stereocenters. The molecular weight excluding hydrogens is 673 g/mol. The Kier molecular flexibility index (Phi) is 11.5. The molecule has 0 radical (unpaired) electrons. The number of nitrogen functional groups attached to an aromatic ring is 1. The summed E-state index contributed by atoms with van der Waals surface area (Å²) < 4.78 is 44.2. The van der Waals surface area contributed by atoms with Crippen LogP contribution in [0.4, 0.5) is 5.95 Å². The molecule has 1 fully saturated rings. The van der Waals surface area contributed by atoms with Gasteiger partial charge in [0.15, 0.2) is 17.4 Å². The minimum Gasteiger partial charge on any atom is -0.479 e. The van der Waals surface area contributed by atoms with E-state index in [9.17, 15) is 24.4 Å². The number of anilines is 1. The van der Waals surface area contributed by atoms with Crippen LogP contribution in [0, 0.1) is 0 Å². The minimum atomic E-state index is -4.52. The van der Waals surface area contributed by atoms with E-state index < -0.39 is 62.3 Å². The number of aromatic nitrogens is 4. The Balaban J connectivity index is 1.49. The number of aliphatic hydroxyl groups excluding tert-OH is 1. The van der Waals surface area contributed by atoms with Gasteiger partial charge in [-0.2, -0.15) is 9.97 Å². The molecule has 17 nitrogen and oxygen atoms in total. The normalized spacial score (nSPS) is 22.8. The van der Waals surface area contributed by atoms with Crippen LogP contribution in [0.3, 0.4) is 0 Å². The molecule has 6 N–H and O–H groups in total. The maximum Gasteiger partial charge on any atom is 0.342 e. The summed E-state index contributed by atoms with van der Waals surface area (Å²) in [6.07, 6.45) is -2.88. The molecule has 4 aromatic rings. The van der Waals surface area contributed by atoms with Crippen LogP contribution in [0.2, 0.25) is 0 Å². The summed E-state index contributed by atoms with van der Waals surface area (Å²) in [6, 6.07) is 14.1. The van der Waals surface area contributed by atoms with Crippen LogP contribution in [0.25, 0.3) is 11.2 Å². The van der Waals surface area contributed by atoms with Crippen LogP contribution in [0.15, 0.2) is 67.0 Å². The average molecular weight is 714 g/mol. The van der Waals surface area contributed by atoms with Gasteiger partial charge in [0.2, 0.25) is 11.8 Å². The lowest BCUT2D eigenvalue weighted by Gasteiger charge is -2.30. The van der Waals surface area contributed by atoms with Crippen molar-refractivity contribution in [3.8, 4) is 5.88 Å². The van der Waals surface area contributed by atoms with Gasteiger partial charge >= 0.3 is 19.6 Å². The van der Waals surface area contributed by atoms with Crippen molar-refractivity contribution >= 4 is 36.7 Å². The van der Waals surface area contributed by atoms with Gasteiger partial charge < -0.3 is 39.4 Å². The van der Waals surface area contributed by atoms with Crippen molar-refractivity contribution in [2.75, 3.05) is 32.7 Å². The number of nitrogens with two attached hydrogens (primary N) is 1. The van der Waals surface area contributed by atoms with Gasteiger partial charge in [0.05, 0.1) is 33.3 Å². The first-order valence-corrected chi connectivity index (χ1v) is 17.4. The summed E-state index contributed by atoms with van der Waals surface area (Å²) >= 11 is 0. The number of fused-ring (bicyclic) bond motifs is 1. The molecule has 268 valence electrons. The van der Waals surface area contributed by atoms with Crippen LogP contribution in [0.5, 0.6) is 5.88 Å². The molecule has 50 heavy (non-hydrogen) atoms. The van der Waals surface area contributed by atoms with Crippen molar-refractivity contribution < 1.29 is 47.8 Å². The first-order valence-electron chi connectivity index (χ1n) is 15.8. The van der Waals surface area contributed by atoms with Gasteiger partial charge in [-0.1, -0.05) is 60.7 Å². The van der Waals surface area contributed by atoms with Gasteiger partial charge in [-0.15, -0.1) is 0 Å². The largest absolute Gasteiger partial charge is 0.479 e. The second kappa shape index (κ2) is 15.6. The molecule has 2 aromatic carbocycles. The van der Waals surface area contributed by atoms with Crippen LogP contribution in [-0.2, 0) is 32.9 Å². The monoisotopic (exact) mass is 713 g/mol. The lowest BCUT2D eigenvalue weighted by atomic mass is 9.96. The van der Waals surface area contributed by atoms with E-state index in [0.29, 0.717) is 11.1 Å². The maximum atomic E-state index is 14.9. The van der Waals surface area contributed by atoms with Gasteiger partial charge in [-0.3, -0.25) is 9.13 Å². The van der Waals surface area contributed by atoms with Crippen molar-refractivity contribution in [2.45, 2.75) is 56.9 Å². The van der Waals surface area contributed by atoms with Crippen molar-refractivity contribution in [3.63, 3.8) is 0 Å². The average Bonchev–Trinajstić information content (AvgIpc) is 3.62. The van der Waals surface area contributed by atoms with Crippen LogP contribution >= 0.6 is 7.67 Å². The van der Waals surface area contributed by atoms with E-state index in [-0.39, 0.29) is 36.2 Å². The molecule has 0 spiro atoms.